The molecule has 0 aromatic heterocycles. The van der Waals surface area contributed by atoms with Crippen LogP contribution in [0.1, 0.15) is 48.0 Å². The molecule has 1 saturated carbocycles. The highest BCUT2D eigenvalue weighted by Gasteiger charge is 2.30. The molecule has 4 nitrogen and oxygen atoms in total. The van der Waals surface area contributed by atoms with E-state index in [1.165, 1.54) is 19.3 Å². The van der Waals surface area contributed by atoms with Crippen LogP contribution in [0.25, 0.3) is 0 Å². The maximum atomic E-state index is 11.0. The van der Waals surface area contributed by atoms with Crippen molar-refractivity contribution in [3.63, 3.8) is 0 Å². The van der Waals surface area contributed by atoms with Crippen LogP contribution < -0.4 is 4.74 Å². The second-order valence-electron chi connectivity index (χ2n) is 5.32. The molecule has 0 spiro atoms. The molecule has 0 saturated heterocycles. The predicted octanol–water partition coefficient (Wildman–Crippen LogP) is 3.20. The minimum Gasteiger partial charge on any atom is -0.478 e. The summed E-state index contributed by atoms with van der Waals surface area (Å²) in [6, 6.07) is 4.97. The zero-order valence-electron chi connectivity index (χ0n) is 10.8. The number of hydrogen-bond acceptors (Lipinski definition) is 3. The van der Waals surface area contributed by atoms with E-state index in [1.54, 1.807) is 18.2 Å². The van der Waals surface area contributed by atoms with Crippen molar-refractivity contribution in [2.75, 3.05) is 0 Å². The molecule has 3 rings (SSSR count). The van der Waals surface area contributed by atoms with Gasteiger partial charge in [-0.25, -0.2) is 4.79 Å². The van der Waals surface area contributed by atoms with Crippen LogP contribution in [0.2, 0.25) is 0 Å². The van der Waals surface area contributed by atoms with E-state index in [2.05, 4.69) is 0 Å². The van der Waals surface area contributed by atoms with Crippen molar-refractivity contribution in [3.8, 4) is 5.75 Å². The summed E-state index contributed by atoms with van der Waals surface area (Å²) in [4.78, 5) is 11.0. The van der Waals surface area contributed by atoms with Crippen LogP contribution in [0.4, 0.5) is 0 Å². The normalized spacial score (nSPS) is 23.5. The van der Waals surface area contributed by atoms with Crippen LogP contribution in [0, 0.1) is 5.92 Å². The first-order chi connectivity index (χ1) is 9.24. The SMILES string of the molecule is O=C(O)c1ccc2c(c1)OC(C1CCCCC1)OC2. The number of carboxylic acids is 1. The number of aromatic carboxylic acids is 1. The van der Waals surface area contributed by atoms with Gasteiger partial charge >= 0.3 is 5.97 Å². The highest BCUT2D eigenvalue weighted by molar-refractivity contribution is 5.88. The van der Waals surface area contributed by atoms with E-state index in [-0.39, 0.29) is 11.9 Å². The lowest BCUT2D eigenvalue weighted by atomic mass is 9.88. The first-order valence-corrected chi connectivity index (χ1v) is 6.88. The topological polar surface area (TPSA) is 55.8 Å². The molecule has 19 heavy (non-hydrogen) atoms. The lowest BCUT2D eigenvalue weighted by Crippen LogP contribution is -2.34. The van der Waals surface area contributed by atoms with E-state index in [0.717, 1.165) is 18.4 Å². The summed E-state index contributed by atoms with van der Waals surface area (Å²) < 4.78 is 11.7. The third-order valence-corrected chi connectivity index (χ3v) is 4.00. The van der Waals surface area contributed by atoms with Crippen LogP contribution in [0.3, 0.4) is 0 Å². The lowest BCUT2D eigenvalue weighted by molar-refractivity contribution is -0.146. The standard InChI is InChI=1S/C15H18O4/c16-14(17)11-6-7-12-9-18-15(19-13(12)8-11)10-4-2-1-3-5-10/h6-8,10,15H,1-5,9H2,(H,16,17). The van der Waals surface area contributed by atoms with Gasteiger partial charge in [0.1, 0.15) is 5.75 Å². The molecule has 1 fully saturated rings. The molecule has 2 aliphatic rings. The van der Waals surface area contributed by atoms with E-state index < -0.39 is 5.97 Å². The van der Waals surface area contributed by atoms with E-state index in [9.17, 15) is 4.79 Å². The highest BCUT2D eigenvalue weighted by Crippen LogP contribution is 2.34. The molecule has 1 unspecified atom stereocenters. The molecule has 1 aliphatic heterocycles. The van der Waals surface area contributed by atoms with Gasteiger partial charge in [-0.15, -0.1) is 0 Å². The summed E-state index contributed by atoms with van der Waals surface area (Å²) in [5.74, 6) is 0.184. The maximum absolute atomic E-state index is 11.0. The van der Waals surface area contributed by atoms with Gasteiger partial charge < -0.3 is 14.6 Å². The zero-order chi connectivity index (χ0) is 13.2. The smallest absolute Gasteiger partial charge is 0.335 e. The van der Waals surface area contributed by atoms with Crippen molar-refractivity contribution < 1.29 is 19.4 Å². The molecule has 102 valence electrons. The average Bonchev–Trinajstić information content (AvgIpc) is 2.47. The Morgan fingerprint density at radius 3 is 2.74 bits per heavy atom. The molecular formula is C15H18O4. The second-order valence-corrected chi connectivity index (χ2v) is 5.32. The summed E-state index contributed by atoms with van der Waals surface area (Å²) in [7, 11) is 0. The minimum absolute atomic E-state index is 0.211. The Kier molecular flexibility index (Phi) is 3.42. The molecule has 1 N–H and O–H groups in total. The zero-order valence-corrected chi connectivity index (χ0v) is 10.8. The summed E-state index contributed by atoms with van der Waals surface area (Å²) in [5, 5.41) is 9.01. The number of benzene rings is 1. The first kappa shape index (κ1) is 12.5. The average molecular weight is 262 g/mol. The summed E-state index contributed by atoms with van der Waals surface area (Å²) in [5.41, 5.74) is 1.19. The fourth-order valence-electron chi connectivity index (χ4n) is 2.89. The summed E-state index contributed by atoms with van der Waals surface area (Å²) in [6.07, 6.45) is 5.82. The Hall–Kier alpha value is -1.55. The fourth-order valence-corrected chi connectivity index (χ4v) is 2.89. The number of rotatable bonds is 2. The van der Waals surface area contributed by atoms with Gasteiger partial charge in [-0.3, -0.25) is 0 Å². The molecular weight excluding hydrogens is 244 g/mol. The van der Waals surface area contributed by atoms with Crippen LogP contribution in [0.15, 0.2) is 18.2 Å². The monoisotopic (exact) mass is 262 g/mol. The minimum atomic E-state index is -0.924. The van der Waals surface area contributed by atoms with Crippen molar-refractivity contribution in [3.05, 3.63) is 29.3 Å². The third-order valence-electron chi connectivity index (χ3n) is 4.00. The van der Waals surface area contributed by atoms with Gasteiger partial charge in [-0.2, -0.15) is 0 Å². The summed E-state index contributed by atoms with van der Waals surface area (Å²) in [6.45, 7) is 0.510. The van der Waals surface area contributed by atoms with Crippen molar-refractivity contribution >= 4 is 5.97 Å². The van der Waals surface area contributed by atoms with Gasteiger partial charge in [-0.05, 0) is 25.0 Å². The number of hydrogen-bond donors (Lipinski definition) is 1. The molecule has 1 atom stereocenters. The predicted molar refractivity (Wildman–Crippen MR) is 69.2 cm³/mol. The molecule has 0 bridgehead atoms. The van der Waals surface area contributed by atoms with Crippen molar-refractivity contribution in [1.29, 1.82) is 0 Å². The molecule has 1 aromatic carbocycles. The largest absolute Gasteiger partial charge is 0.478 e. The van der Waals surface area contributed by atoms with Crippen LogP contribution in [-0.2, 0) is 11.3 Å². The van der Waals surface area contributed by atoms with Gasteiger partial charge in [-0.1, -0.05) is 25.3 Å². The lowest BCUT2D eigenvalue weighted by Gasteiger charge is -2.34. The second kappa shape index (κ2) is 5.21. The van der Waals surface area contributed by atoms with Gasteiger partial charge in [0.25, 0.3) is 0 Å². The number of ether oxygens (including phenoxy) is 2. The van der Waals surface area contributed by atoms with Crippen molar-refractivity contribution in [2.45, 2.75) is 45.0 Å². The van der Waals surface area contributed by atoms with Gasteiger partial charge in [0.05, 0.1) is 12.2 Å². The molecule has 4 heteroatoms. The Balaban J connectivity index is 1.77. The van der Waals surface area contributed by atoms with E-state index >= 15 is 0 Å². The number of carboxylic acid groups (broad SMARTS) is 1. The number of carbonyl (C=O) groups is 1. The van der Waals surface area contributed by atoms with Crippen molar-refractivity contribution in [1.82, 2.24) is 0 Å². The molecule has 1 aliphatic carbocycles. The summed E-state index contributed by atoms with van der Waals surface area (Å²) >= 11 is 0. The van der Waals surface area contributed by atoms with E-state index in [4.69, 9.17) is 14.6 Å². The molecule has 0 radical (unpaired) electrons. The van der Waals surface area contributed by atoms with Crippen LogP contribution in [0.5, 0.6) is 5.75 Å². The van der Waals surface area contributed by atoms with Crippen molar-refractivity contribution in [2.24, 2.45) is 5.92 Å². The number of fused-ring (bicyclic) bond motifs is 1. The molecule has 1 aromatic rings. The first-order valence-electron chi connectivity index (χ1n) is 6.88. The van der Waals surface area contributed by atoms with E-state index in [1.807, 2.05) is 0 Å². The molecule has 1 heterocycles. The Morgan fingerprint density at radius 1 is 1.21 bits per heavy atom. The van der Waals surface area contributed by atoms with E-state index in [0.29, 0.717) is 18.3 Å². The van der Waals surface area contributed by atoms with Gasteiger partial charge in [0, 0.05) is 11.5 Å². The van der Waals surface area contributed by atoms with Crippen LogP contribution >= 0.6 is 0 Å². The Morgan fingerprint density at radius 2 is 2.00 bits per heavy atom. The van der Waals surface area contributed by atoms with Crippen LogP contribution in [-0.4, -0.2) is 17.4 Å². The fraction of sp³-hybridized carbons (Fsp3) is 0.533. The third kappa shape index (κ3) is 2.59. The van der Waals surface area contributed by atoms with Gasteiger partial charge in [0.15, 0.2) is 0 Å². The Bertz CT molecular complexity index is 477. The van der Waals surface area contributed by atoms with Gasteiger partial charge in [0.2, 0.25) is 6.29 Å². The molecule has 0 amide bonds. The Labute approximate surface area is 112 Å². The maximum Gasteiger partial charge on any atom is 0.335 e. The highest BCUT2D eigenvalue weighted by atomic mass is 16.7. The quantitative estimate of drug-likeness (QED) is 0.889.